The van der Waals surface area contributed by atoms with E-state index in [1.807, 2.05) is 11.1 Å². The van der Waals surface area contributed by atoms with E-state index in [-0.39, 0.29) is 47.8 Å². The van der Waals surface area contributed by atoms with Crippen LogP contribution in [0.3, 0.4) is 0 Å². The quantitative estimate of drug-likeness (QED) is 0.342. The van der Waals surface area contributed by atoms with Crippen molar-refractivity contribution >= 4 is 23.4 Å². The van der Waals surface area contributed by atoms with Gasteiger partial charge in [0.05, 0.1) is 17.5 Å². The molecule has 0 radical (unpaired) electrons. The Bertz CT molecular complexity index is 965. The van der Waals surface area contributed by atoms with Crippen LogP contribution in [0.25, 0.3) is 5.70 Å². The molecular formula is C27H40F3N5O2S. The lowest BCUT2D eigenvalue weighted by atomic mass is 9.87. The maximum absolute atomic E-state index is 14.8. The zero-order chi connectivity index (χ0) is 27.1. The van der Waals surface area contributed by atoms with Crippen LogP contribution in [0.2, 0.25) is 0 Å². The minimum absolute atomic E-state index is 0.0531. The molecule has 0 saturated carbocycles. The Morgan fingerprint density at radius 1 is 1.29 bits per heavy atom. The highest BCUT2D eigenvalue weighted by atomic mass is 32.2. The number of nitrogens with zero attached hydrogens (tertiary/aromatic N) is 2. The second kappa shape index (κ2) is 13.9. The maximum atomic E-state index is 14.8. The molecule has 3 aliphatic rings. The number of ether oxygens (including phenoxy) is 1. The summed E-state index contributed by atoms with van der Waals surface area (Å²) < 4.78 is 49.3. The van der Waals surface area contributed by atoms with Crippen LogP contribution >= 0.6 is 11.8 Å². The first-order chi connectivity index (χ1) is 18.4. The highest BCUT2D eigenvalue weighted by Gasteiger charge is 2.44. The van der Waals surface area contributed by atoms with Crippen molar-refractivity contribution in [2.24, 2.45) is 17.6 Å². The largest absolute Gasteiger partial charge is 0.381 e. The third-order valence-corrected chi connectivity index (χ3v) is 8.56. The van der Waals surface area contributed by atoms with Crippen LogP contribution in [0.5, 0.6) is 0 Å². The van der Waals surface area contributed by atoms with Crippen molar-refractivity contribution in [1.82, 2.24) is 20.4 Å². The van der Waals surface area contributed by atoms with E-state index >= 15 is 0 Å². The first-order valence-electron chi connectivity index (χ1n) is 13.6. The molecule has 38 heavy (non-hydrogen) atoms. The molecule has 1 aromatic carbocycles. The molecule has 0 bridgehead atoms. The van der Waals surface area contributed by atoms with Crippen LogP contribution < -0.4 is 16.4 Å². The standard InChI is InChI=1S/C27H40F3N5O2S/c1-2-8-34-16-24(21-12-20(28)3-4-22(21)29)33-27(34)26(18-5-9-37-10-6-18)35(25(36)17-38-11-7-31)15-19-13-32-14-23(19)30/h3-4,12,16,18-19,23,26-27,32-33H,2,5-11,13-15,17,31H2,1H3. The van der Waals surface area contributed by atoms with Crippen LogP contribution in [0.15, 0.2) is 24.4 Å². The molecule has 3 aliphatic heterocycles. The van der Waals surface area contributed by atoms with Crippen molar-refractivity contribution in [2.45, 2.75) is 44.6 Å². The third kappa shape index (κ3) is 6.97. The Balaban J connectivity index is 1.69. The SMILES string of the molecule is CCCN1C=C(c2cc(F)ccc2F)NC1C(C1CCOCC1)N(CC1CNCC1F)C(=O)CSCCN. The van der Waals surface area contributed by atoms with Crippen LogP contribution in [0, 0.1) is 23.5 Å². The van der Waals surface area contributed by atoms with Crippen molar-refractivity contribution in [1.29, 1.82) is 0 Å². The van der Waals surface area contributed by atoms with E-state index in [1.54, 1.807) is 0 Å². The third-order valence-electron chi connectivity index (χ3n) is 7.58. The van der Waals surface area contributed by atoms with Gasteiger partial charge in [-0.05, 0) is 43.4 Å². The van der Waals surface area contributed by atoms with Gasteiger partial charge in [-0.1, -0.05) is 6.92 Å². The van der Waals surface area contributed by atoms with Crippen molar-refractivity contribution in [2.75, 3.05) is 57.4 Å². The summed E-state index contributed by atoms with van der Waals surface area (Å²) in [4.78, 5) is 17.7. The van der Waals surface area contributed by atoms with Gasteiger partial charge in [0.25, 0.3) is 0 Å². The Morgan fingerprint density at radius 2 is 2.08 bits per heavy atom. The number of alkyl halides is 1. The smallest absolute Gasteiger partial charge is 0.232 e. The molecule has 0 aliphatic carbocycles. The molecular weight excluding hydrogens is 515 g/mol. The number of halogens is 3. The first kappa shape index (κ1) is 29.0. The van der Waals surface area contributed by atoms with Crippen LogP contribution in [-0.4, -0.2) is 91.5 Å². The minimum atomic E-state index is -1.03. The fourth-order valence-electron chi connectivity index (χ4n) is 5.71. The average molecular weight is 556 g/mol. The van der Waals surface area contributed by atoms with E-state index in [0.29, 0.717) is 50.8 Å². The molecule has 0 aromatic heterocycles. The zero-order valence-electron chi connectivity index (χ0n) is 22.0. The molecule has 7 nitrogen and oxygen atoms in total. The summed E-state index contributed by atoms with van der Waals surface area (Å²) in [6, 6.07) is 3.10. The Labute approximate surface area is 227 Å². The van der Waals surface area contributed by atoms with Crippen LogP contribution in [0.1, 0.15) is 31.7 Å². The van der Waals surface area contributed by atoms with Gasteiger partial charge in [-0.25, -0.2) is 13.2 Å². The van der Waals surface area contributed by atoms with Gasteiger partial charge in [0, 0.05) is 69.4 Å². The lowest BCUT2D eigenvalue weighted by Crippen LogP contribution is -2.61. The normalized spacial score (nSPS) is 24.8. The van der Waals surface area contributed by atoms with Crippen molar-refractivity contribution in [3.8, 4) is 0 Å². The van der Waals surface area contributed by atoms with E-state index in [1.165, 1.54) is 17.8 Å². The van der Waals surface area contributed by atoms with Gasteiger partial charge in [-0.3, -0.25) is 4.79 Å². The summed E-state index contributed by atoms with van der Waals surface area (Å²) in [7, 11) is 0. The number of hydrogen-bond acceptors (Lipinski definition) is 7. The van der Waals surface area contributed by atoms with Gasteiger partial charge in [0.2, 0.25) is 5.91 Å². The number of carbonyl (C=O) groups excluding carboxylic acids is 1. The Morgan fingerprint density at radius 3 is 2.76 bits per heavy atom. The fourth-order valence-corrected chi connectivity index (χ4v) is 6.36. The number of carbonyl (C=O) groups is 1. The van der Waals surface area contributed by atoms with Gasteiger partial charge in [0.15, 0.2) is 0 Å². The maximum Gasteiger partial charge on any atom is 0.232 e. The molecule has 1 amide bonds. The lowest BCUT2D eigenvalue weighted by Gasteiger charge is -2.45. The number of benzene rings is 1. The van der Waals surface area contributed by atoms with Crippen LogP contribution in [-0.2, 0) is 9.53 Å². The molecule has 4 unspecified atom stereocenters. The fraction of sp³-hybridized carbons (Fsp3) is 0.667. The Hall–Kier alpha value is -1.95. The van der Waals surface area contributed by atoms with Gasteiger partial charge < -0.3 is 30.9 Å². The molecule has 4 atom stereocenters. The molecule has 2 saturated heterocycles. The zero-order valence-corrected chi connectivity index (χ0v) is 22.8. The number of amides is 1. The van der Waals surface area contributed by atoms with E-state index in [2.05, 4.69) is 22.5 Å². The van der Waals surface area contributed by atoms with Gasteiger partial charge in [0.1, 0.15) is 24.0 Å². The molecule has 11 heteroatoms. The predicted molar refractivity (Wildman–Crippen MR) is 145 cm³/mol. The molecule has 4 N–H and O–H groups in total. The monoisotopic (exact) mass is 555 g/mol. The number of thioether (sulfide) groups is 1. The molecule has 0 spiro atoms. The van der Waals surface area contributed by atoms with Gasteiger partial charge in [-0.2, -0.15) is 11.8 Å². The molecule has 2 fully saturated rings. The van der Waals surface area contributed by atoms with Gasteiger partial charge >= 0.3 is 0 Å². The van der Waals surface area contributed by atoms with E-state index < -0.39 is 17.8 Å². The van der Waals surface area contributed by atoms with Crippen molar-refractivity contribution < 1.29 is 22.7 Å². The molecule has 4 rings (SSSR count). The second-order valence-electron chi connectivity index (χ2n) is 10.3. The van der Waals surface area contributed by atoms with Crippen LogP contribution in [0.4, 0.5) is 13.2 Å². The molecule has 1 aromatic rings. The second-order valence-corrected chi connectivity index (χ2v) is 11.4. The number of nitrogens with two attached hydrogens (primary N) is 1. The van der Waals surface area contributed by atoms with E-state index in [0.717, 1.165) is 31.4 Å². The predicted octanol–water partition coefficient (Wildman–Crippen LogP) is 2.78. The highest BCUT2D eigenvalue weighted by Crippen LogP contribution is 2.34. The summed E-state index contributed by atoms with van der Waals surface area (Å²) in [6.45, 7) is 5.45. The van der Waals surface area contributed by atoms with E-state index in [4.69, 9.17) is 10.5 Å². The van der Waals surface area contributed by atoms with Gasteiger partial charge in [-0.15, -0.1) is 0 Å². The summed E-state index contributed by atoms with van der Waals surface area (Å²) in [5, 5.41) is 6.56. The van der Waals surface area contributed by atoms with E-state index in [9.17, 15) is 18.0 Å². The minimum Gasteiger partial charge on any atom is -0.381 e. The Kier molecular flexibility index (Phi) is 10.6. The van der Waals surface area contributed by atoms with Crippen molar-refractivity contribution in [3.63, 3.8) is 0 Å². The summed E-state index contributed by atoms with van der Waals surface area (Å²) >= 11 is 1.48. The lowest BCUT2D eigenvalue weighted by molar-refractivity contribution is -0.136. The number of nitrogens with one attached hydrogen (secondary N) is 2. The molecule has 212 valence electrons. The highest BCUT2D eigenvalue weighted by molar-refractivity contribution is 7.99. The first-order valence-corrected chi connectivity index (χ1v) is 14.8. The summed E-state index contributed by atoms with van der Waals surface area (Å²) in [6.07, 6.45) is 2.78. The topological polar surface area (TPSA) is 82.9 Å². The summed E-state index contributed by atoms with van der Waals surface area (Å²) in [5.74, 6) is -0.390. The summed E-state index contributed by atoms with van der Waals surface area (Å²) in [5.41, 5.74) is 6.30. The number of hydrogen-bond donors (Lipinski definition) is 3. The average Bonchev–Trinajstić information content (AvgIpc) is 3.52. The van der Waals surface area contributed by atoms with Crippen molar-refractivity contribution in [3.05, 3.63) is 41.6 Å². The molecule has 3 heterocycles. The number of rotatable bonds is 12.